The summed E-state index contributed by atoms with van der Waals surface area (Å²) in [6.07, 6.45) is 8.14. The summed E-state index contributed by atoms with van der Waals surface area (Å²) in [5.41, 5.74) is 1.39. The van der Waals surface area contributed by atoms with E-state index in [0.717, 1.165) is 19.0 Å². The molecule has 1 rings (SSSR count). The fourth-order valence-corrected chi connectivity index (χ4v) is 2.59. The molecule has 0 aliphatic rings. The summed E-state index contributed by atoms with van der Waals surface area (Å²) < 4.78 is 0. The molecular weight excluding hydrogens is 254 g/mol. The van der Waals surface area contributed by atoms with E-state index in [2.05, 4.69) is 42.2 Å². The van der Waals surface area contributed by atoms with E-state index >= 15 is 0 Å². The molecule has 0 fully saturated rings. The molecule has 0 aliphatic carbocycles. The first-order valence-corrected chi connectivity index (χ1v) is 8.22. The van der Waals surface area contributed by atoms with Gasteiger partial charge in [0.1, 0.15) is 0 Å². The fourth-order valence-electron chi connectivity index (χ4n) is 2.35. The highest BCUT2D eigenvalue weighted by atomic mass is 35.5. The molecule has 0 radical (unpaired) electrons. The predicted octanol–water partition coefficient (Wildman–Crippen LogP) is 5.09. The zero-order valence-corrected chi connectivity index (χ0v) is 13.0. The molecule has 0 bridgehead atoms. The molecule has 2 heteroatoms. The highest BCUT2D eigenvalue weighted by Gasteiger charge is 2.04. The first kappa shape index (κ1) is 16.5. The Kier molecular flexibility index (Phi) is 9.84. The molecule has 108 valence electrons. The van der Waals surface area contributed by atoms with Gasteiger partial charge in [-0.05, 0) is 18.5 Å². The van der Waals surface area contributed by atoms with Crippen molar-refractivity contribution in [3.05, 3.63) is 35.9 Å². The van der Waals surface area contributed by atoms with Crippen LogP contribution in [0, 0.1) is 0 Å². The second-order valence-electron chi connectivity index (χ2n) is 5.22. The highest BCUT2D eigenvalue weighted by molar-refractivity contribution is 6.18. The lowest BCUT2D eigenvalue weighted by atomic mass is 10.1. The molecular formula is C17H28ClN. The zero-order chi connectivity index (χ0) is 13.8. The molecule has 0 heterocycles. The molecule has 0 aromatic heterocycles. The smallest absolute Gasteiger partial charge is 0.0351 e. The van der Waals surface area contributed by atoms with Gasteiger partial charge in [-0.1, -0.05) is 69.4 Å². The van der Waals surface area contributed by atoms with Crippen LogP contribution in [0.15, 0.2) is 30.3 Å². The maximum absolute atomic E-state index is 5.90. The monoisotopic (exact) mass is 281 g/mol. The maximum atomic E-state index is 5.90. The first-order chi connectivity index (χ1) is 9.36. The van der Waals surface area contributed by atoms with E-state index in [1.54, 1.807) is 0 Å². The van der Waals surface area contributed by atoms with Crippen LogP contribution in [-0.4, -0.2) is 23.9 Å². The molecule has 0 saturated heterocycles. The van der Waals surface area contributed by atoms with Crippen molar-refractivity contribution in [2.75, 3.05) is 19.0 Å². The van der Waals surface area contributed by atoms with Crippen molar-refractivity contribution in [2.24, 2.45) is 0 Å². The number of alkyl halides is 1. The largest absolute Gasteiger partial charge is 0.298 e. The number of rotatable bonds is 11. The SMILES string of the molecule is CCCCCCCCN(CCCl)Cc1ccccc1. The minimum absolute atomic E-state index is 0.725. The topological polar surface area (TPSA) is 3.24 Å². The Hall–Kier alpha value is -0.530. The van der Waals surface area contributed by atoms with Crippen molar-refractivity contribution in [1.82, 2.24) is 4.90 Å². The van der Waals surface area contributed by atoms with Crippen molar-refractivity contribution in [1.29, 1.82) is 0 Å². The van der Waals surface area contributed by atoms with E-state index in [0.29, 0.717) is 0 Å². The molecule has 0 atom stereocenters. The quantitative estimate of drug-likeness (QED) is 0.403. The van der Waals surface area contributed by atoms with Gasteiger partial charge in [-0.3, -0.25) is 4.90 Å². The predicted molar refractivity (Wildman–Crippen MR) is 85.8 cm³/mol. The third-order valence-electron chi connectivity index (χ3n) is 3.48. The second kappa shape index (κ2) is 11.3. The Morgan fingerprint density at radius 3 is 2.26 bits per heavy atom. The van der Waals surface area contributed by atoms with Gasteiger partial charge >= 0.3 is 0 Å². The molecule has 1 aromatic rings. The van der Waals surface area contributed by atoms with E-state index < -0.39 is 0 Å². The molecule has 19 heavy (non-hydrogen) atoms. The molecule has 1 nitrogen and oxygen atoms in total. The van der Waals surface area contributed by atoms with E-state index in [4.69, 9.17) is 11.6 Å². The molecule has 0 spiro atoms. The average molecular weight is 282 g/mol. The van der Waals surface area contributed by atoms with E-state index in [1.165, 1.54) is 50.6 Å². The van der Waals surface area contributed by atoms with Gasteiger partial charge in [0.2, 0.25) is 0 Å². The Bertz CT molecular complexity index is 299. The summed E-state index contributed by atoms with van der Waals surface area (Å²) in [4.78, 5) is 2.47. The van der Waals surface area contributed by atoms with E-state index in [1.807, 2.05) is 0 Å². The van der Waals surface area contributed by atoms with Gasteiger partial charge in [0.25, 0.3) is 0 Å². The number of benzene rings is 1. The molecule has 1 aromatic carbocycles. The summed E-state index contributed by atoms with van der Waals surface area (Å²) in [6.45, 7) is 5.46. The maximum Gasteiger partial charge on any atom is 0.0351 e. The van der Waals surface area contributed by atoms with Crippen LogP contribution in [0.2, 0.25) is 0 Å². The highest BCUT2D eigenvalue weighted by Crippen LogP contribution is 2.09. The molecule has 0 unspecified atom stereocenters. The van der Waals surface area contributed by atoms with Gasteiger partial charge in [-0.15, -0.1) is 11.6 Å². The number of halogens is 1. The van der Waals surface area contributed by atoms with Crippen LogP contribution in [0.3, 0.4) is 0 Å². The lowest BCUT2D eigenvalue weighted by Gasteiger charge is -2.21. The summed E-state index contributed by atoms with van der Waals surface area (Å²) in [5.74, 6) is 0.725. The Labute approximate surface area is 124 Å². The number of unbranched alkanes of at least 4 members (excludes halogenated alkanes) is 5. The van der Waals surface area contributed by atoms with Gasteiger partial charge < -0.3 is 0 Å². The van der Waals surface area contributed by atoms with E-state index in [-0.39, 0.29) is 0 Å². The van der Waals surface area contributed by atoms with Gasteiger partial charge in [0.05, 0.1) is 0 Å². The van der Waals surface area contributed by atoms with Gasteiger partial charge in [0.15, 0.2) is 0 Å². The van der Waals surface area contributed by atoms with Crippen LogP contribution in [0.5, 0.6) is 0 Å². The van der Waals surface area contributed by atoms with Crippen molar-refractivity contribution < 1.29 is 0 Å². The lowest BCUT2D eigenvalue weighted by Crippen LogP contribution is -2.26. The summed E-state index contributed by atoms with van der Waals surface area (Å²) in [5, 5.41) is 0. The minimum atomic E-state index is 0.725. The average Bonchev–Trinajstić information content (AvgIpc) is 2.44. The second-order valence-corrected chi connectivity index (χ2v) is 5.60. The number of hydrogen-bond donors (Lipinski definition) is 0. The number of hydrogen-bond acceptors (Lipinski definition) is 1. The normalized spacial score (nSPS) is 11.1. The number of nitrogens with zero attached hydrogens (tertiary/aromatic N) is 1. The van der Waals surface area contributed by atoms with Crippen LogP contribution in [0.25, 0.3) is 0 Å². The van der Waals surface area contributed by atoms with Crippen LogP contribution in [0.4, 0.5) is 0 Å². The first-order valence-electron chi connectivity index (χ1n) is 7.69. The standard InChI is InChI=1S/C17H28ClN/c1-2-3-4-5-6-10-14-19(15-13-18)16-17-11-8-7-9-12-17/h7-9,11-12H,2-6,10,13-16H2,1H3. The molecule has 0 saturated carbocycles. The van der Waals surface area contributed by atoms with Gasteiger partial charge in [0, 0.05) is 19.0 Å². The van der Waals surface area contributed by atoms with Crippen LogP contribution < -0.4 is 0 Å². The van der Waals surface area contributed by atoms with Crippen molar-refractivity contribution in [3.63, 3.8) is 0 Å². The minimum Gasteiger partial charge on any atom is -0.298 e. The van der Waals surface area contributed by atoms with Gasteiger partial charge in [-0.2, -0.15) is 0 Å². The zero-order valence-electron chi connectivity index (χ0n) is 12.3. The Balaban J connectivity index is 2.21. The van der Waals surface area contributed by atoms with Crippen molar-refractivity contribution in [3.8, 4) is 0 Å². The van der Waals surface area contributed by atoms with Crippen LogP contribution in [0.1, 0.15) is 51.0 Å². The third kappa shape index (κ3) is 8.28. The van der Waals surface area contributed by atoms with E-state index in [9.17, 15) is 0 Å². The Morgan fingerprint density at radius 2 is 1.58 bits per heavy atom. The third-order valence-corrected chi connectivity index (χ3v) is 3.65. The molecule has 0 N–H and O–H groups in total. The molecule has 0 aliphatic heterocycles. The summed E-state index contributed by atoms with van der Waals surface area (Å²) in [7, 11) is 0. The van der Waals surface area contributed by atoms with Crippen molar-refractivity contribution in [2.45, 2.75) is 52.0 Å². The fraction of sp³-hybridized carbons (Fsp3) is 0.647. The summed E-state index contributed by atoms with van der Waals surface area (Å²) in [6, 6.07) is 10.7. The lowest BCUT2D eigenvalue weighted by molar-refractivity contribution is 0.274. The van der Waals surface area contributed by atoms with Crippen molar-refractivity contribution >= 4 is 11.6 Å². The summed E-state index contributed by atoms with van der Waals surface area (Å²) >= 11 is 5.90. The van der Waals surface area contributed by atoms with Crippen LogP contribution in [-0.2, 0) is 6.54 Å². The van der Waals surface area contributed by atoms with Gasteiger partial charge in [-0.25, -0.2) is 0 Å². The Morgan fingerprint density at radius 1 is 0.895 bits per heavy atom. The molecule has 0 amide bonds. The van der Waals surface area contributed by atoms with Crippen LogP contribution >= 0.6 is 11.6 Å².